The summed E-state index contributed by atoms with van der Waals surface area (Å²) in [6, 6.07) is 4.19. The predicted molar refractivity (Wildman–Crippen MR) is 109 cm³/mol. The summed E-state index contributed by atoms with van der Waals surface area (Å²) in [5.74, 6) is 1.84. The van der Waals surface area contributed by atoms with Crippen LogP contribution in [0.3, 0.4) is 0 Å². The SMILES string of the molecule is CCNC(=NCC(c1ccco1)N1CCCCC1)N1CCC(C(=O)OC)CC1. The summed E-state index contributed by atoms with van der Waals surface area (Å²) >= 11 is 0. The number of ether oxygens (including phenoxy) is 1. The van der Waals surface area contributed by atoms with E-state index in [1.165, 1.54) is 26.4 Å². The third-order valence-electron chi connectivity index (χ3n) is 5.78. The number of carbonyl (C=O) groups is 1. The lowest BCUT2D eigenvalue weighted by Gasteiger charge is -2.35. The second-order valence-corrected chi connectivity index (χ2v) is 7.61. The highest BCUT2D eigenvalue weighted by Crippen LogP contribution is 2.26. The van der Waals surface area contributed by atoms with Gasteiger partial charge in [0.2, 0.25) is 0 Å². The van der Waals surface area contributed by atoms with Gasteiger partial charge in [-0.3, -0.25) is 14.7 Å². The fraction of sp³-hybridized carbons (Fsp3) is 0.714. The minimum Gasteiger partial charge on any atom is -0.469 e. The van der Waals surface area contributed by atoms with Crippen LogP contribution in [0.15, 0.2) is 27.8 Å². The molecule has 0 aliphatic carbocycles. The maximum atomic E-state index is 11.8. The fourth-order valence-corrected chi connectivity index (χ4v) is 4.19. The Balaban J connectivity index is 1.67. The van der Waals surface area contributed by atoms with Crippen molar-refractivity contribution in [3.63, 3.8) is 0 Å². The van der Waals surface area contributed by atoms with Gasteiger partial charge in [-0.1, -0.05) is 6.42 Å². The molecule has 156 valence electrons. The number of carbonyl (C=O) groups excluding carboxylic acids is 1. The van der Waals surface area contributed by atoms with Gasteiger partial charge in [0.05, 0.1) is 31.9 Å². The molecule has 0 aromatic carbocycles. The van der Waals surface area contributed by atoms with E-state index in [0.717, 1.165) is 57.3 Å². The normalized spacial score (nSPS) is 20.8. The van der Waals surface area contributed by atoms with Crippen molar-refractivity contribution in [2.45, 2.75) is 45.1 Å². The number of piperidine rings is 2. The molecule has 3 rings (SSSR count). The van der Waals surface area contributed by atoms with Gasteiger partial charge in [0.1, 0.15) is 5.76 Å². The van der Waals surface area contributed by atoms with Crippen LogP contribution in [-0.2, 0) is 9.53 Å². The number of methoxy groups -OCH3 is 1. The Morgan fingerprint density at radius 3 is 2.64 bits per heavy atom. The summed E-state index contributed by atoms with van der Waals surface area (Å²) in [4.78, 5) is 21.5. The second kappa shape index (κ2) is 10.5. The van der Waals surface area contributed by atoms with Crippen LogP contribution < -0.4 is 5.32 Å². The fourth-order valence-electron chi connectivity index (χ4n) is 4.19. The lowest BCUT2D eigenvalue weighted by molar-refractivity contribution is -0.146. The molecule has 1 N–H and O–H groups in total. The molecule has 0 bridgehead atoms. The van der Waals surface area contributed by atoms with Crippen molar-refractivity contribution in [2.75, 3.05) is 46.4 Å². The molecule has 7 nitrogen and oxygen atoms in total. The van der Waals surface area contributed by atoms with Gasteiger partial charge in [0.15, 0.2) is 5.96 Å². The number of hydrogen-bond acceptors (Lipinski definition) is 5. The first-order chi connectivity index (χ1) is 13.7. The molecular formula is C21H34N4O3. The van der Waals surface area contributed by atoms with Crippen molar-refractivity contribution in [3.8, 4) is 0 Å². The molecule has 0 amide bonds. The maximum Gasteiger partial charge on any atom is 0.308 e. The molecule has 28 heavy (non-hydrogen) atoms. The zero-order valence-corrected chi connectivity index (χ0v) is 17.2. The molecule has 0 radical (unpaired) electrons. The zero-order valence-electron chi connectivity index (χ0n) is 17.2. The quantitative estimate of drug-likeness (QED) is 0.457. The number of aliphatic imine (C=N–C) groups is 1. The summed E-state index contributed by atoms with van der Waals surface area (Å²) < 4.78 is 10.6. The lowest BCUT2D eigenvalue weighted by atomic mass is 9.97. The molecule has 2 saturated heterocycles. The average molecular weight is 391 g/mol. The zero-order chi connectivity index (χ0) is 19.8. The Kier molecular flexibility index (Phi) is 7.77. The average Bonchev–Trinajstić information content (AvgIpc) is 3.28. The minimum atomic E-state index is -0.0930. The topological polar surface area (TPSA) is 70.3 Å². The van der Waals surface area contributed by atoms with E-state index < -0.39 is 0 Å². The predicted octanol–water partition coefficient (Wildman–Crippen LogP) is 2.66. The van der Waals surface area contributed by atoms with E-state index in [0.29, 0.717) is 6.54 Å². The van der Waals surface area contributed by atoms with Crippen molar-refractivity contribution in [1.29, 1.82) is 0 Å². The van der Waals surface area contributed by atoms with Crippen LogP contribution in [0, 0.1) is 5.92 Å². The number of rotatable bonds is 6. The van der Waals surface area contributed by atoms with Gasteiger partial charge in [-0.15, -0.1) is 0 Å². The lowest BCUT2D eigenvalue weighted by Crippen LogP contribution is -2.47. The number of nitrogens with one attached hydrogen (secondary N) is 1. The molecule has 2 fully saturated rings. The third-order valence-corrected chi connectivity index (χ3v) is 5.78. The molecule has 2 aliphatic heterocycles. The van der Waals surface area contributed by atoms with Crippen LogP contribution in [-0.4, -0.2) is 68.1 Å². The number of hydrogen-bond donors (Lipinski definition) is 1. The molecule has 0 spiro atoms. The Morgan fingerprint density at radius 1 is 1.29 bits per heavy atom. The molecule has 1 unspecified atom stereocenters. The van der Waals surface area contributed by atoms with E-state index in [2.05, 4.69) is 28.1 Å². The van der Waals surface area contributed by atoms with Crippen molar-refractivity contribution in [2.24, 2.45) is 10.9 Å². The first-order valence-electron chi connectivity index (χ1n) is 10.6. The second-order valence-electron chi connectivity index (χ2n) is 7.61. The van der Waals surface area contributed by atoms with Crippen LogP contribution in [0.2, 0.25) is 0 Å². The van der Waals surface area contributed by atoms with Crippen LogP contribution in [0.1, 0.15) is 50.8 Å². The summed E-state index contributed by atoms with van der Waals surface area (Å²) in [6.07, 6.45) is 7.15. The van der Waals surface area contributed by atoms with E-state index >= 15 is 0 Å². The monoisotopic (exact) mass is 390 g/mol. The maximum absolute atomic E-state index is 11.8. The summed E-state index contributed by atoms with van der Waals surface area (Å²) in [6.45, 7) is 7.43. The highest BCUT2D eigenvalue weighted by atomic mass is 16.5. The largest absolute Gasteiger partial charge is 0.469 e. The summed E-state index contributed by atoms with van der Waals surface area (Å²) in [5, 5.41) is 3.42. The minimum absolute atomic E-state index is 0.00773. The molecule has 1 aromatic rings. The van der Waals surface area contributed by atoms with Crippen molar-refractivity contribution in [1.82, 2.24) is 15.1 Å². The van der Waals surface area contributed by atoms with Gasteiger partial charge in [-0.2, -0.15) is 0 Å². The van der Waals surface area contributed by atoms with E-state index in [1.54, 1.807) is 6.26 Å². The molecule has 1 atom stereocenters. The first kappa shape index (κ1) is 20.7. The Hall–Kier alpha value is -2.02. The van der Waals surface area contributed by atoms with E-state index in [9.17, 15) is 4.79 Å². The van der Waals surface area contributed by atoms with Gasteiger partial charge >= 0.3 is 5.97 Å². The first-order valence-corrected chi connectivity index (χ1v) is 10.6. The van der Waals surface area contributed by atoms with E-state index in [1.807, 2.05) is 6.07 Å². The smallest absolute Gasteiger partial charge is 0.308 e. The molecule has 1 aromatic heterocycles. The summed E-state index contributed by atoms with van der Waals surface area (Å²) in [7, 11) is 1.47. The number of furan rings is 1. The van der Waals surface area contributed by atoms with E-state index in [4.69, 9.17) is 14.1 Å². The number of esters is 1. The van der Waals surface area contributed by atoms with Crippen molar-refractivity contribution >= 4 is 11.9 Å². The van der Waals surface area contributed by atoms with Crippen molar-refractivity contribution in [3.05, 3.63) is 24.2 Å². The number of guanidine groups is 1. The van der Waals surface area contributed by atoms with Crippen LogP contribution in [0.25, 0.3) is 0 Å². The molecular weight excluding hydrogens is 356 g/mol. The van der Waals surface area contributed by atoms with Crippen LogP contribution in [0.5, 0.6) is 0 Å². The summed E-state index contributed by atoms with van der Waals surface area (Å²) in [5.41, 5.74) is 0. The highest BCUT2D eigenvalue weighted by molar-refractivity contribution is 5.80. The Bertz CT molecular complexity index is 618. The number of nitrogens with zero attached hydrogens (tertiary/aromatic N) is 3. The van der Waals surface area contributed by atoms with Gasteiger partial charge < -0.3 is 19.4 Å². The van der Waals surface area contributed by atoms with Gasteiger partial charge in [-0.25, -0.2) is 0 Å². The standard InChI is InChI=1S/C21H34N4O3/c1-3-22-21(25-13-9-17(10-14-25)20(26)27-2)23-16-18(19-8-7-15-28-19)24-11-5-4-6-12-24/h7-8,15,17-18H,3-6,9-14,16H2,1-2H3,(H,22,23). The Morgan fingerprint density at radius 2 is 2.04 bits per heavy atom. The number of likely N-dealkylation sites (tertiary alicyclic amines) is 2. The molecule has 3 heterocycles. The third kappa shape index (κ3) is 5.28. The van der Waals surface area contributed by atoms with Gasteiger partial charge in [0.25, 0.3) is 0 Å². The van der Waals surface area contributed by atoms with E-state index in [-0.39, 0.29) is 17.9 Å². The van der Waals surface area contributed by atoms with Gasteiger partial charge in [0, 0.05) is 19.6 Å². The van der Waals surface area contributed by atoms with Crippen LogP contribution in [0.4, 0.5) is 0 Å². The van der Waals surface area contributed by atoms with Crippen LogP contribution >= 0.6 is 0 Å². The molecule has 7 heteroatoms. The molecule has 2 aliphatic rings. The Labute approximate surface area is 168 Å². The van der Waals surface area contributed by atoms with Crippen molar-refractivity contribution < 1.29 is 13.9 Å². The molecule has 0 saturated carbocycles. The highest BCUT2D eigenvalue weighted by Gasteiger charge is 2.28. The van der Waals surface area contributed by atoms with Gasteiger partial charge in [-0.05, 0) is 57.8 Å².